The van der Waals surface area contributed by atoms with E-state index in [-0.39, 0.29) is 11.9 Å². The number of hydrogen-bond donors (Lipinski definition) is 2. The van der Waals surface area contributed by atoms with Crippen molar-refractivity contribution < 1.29 is 14.5 Å². The van der Waals surface area contributed by atoms with E-state index in [0.717, 1.165) is 21.9 Å². The van der Waals surface area contributed by atoms with Crippen LogP contribution in [0.4, 0.5) is 5.69 Å². The second kappa shape index (κ2) is 8.55. The zero-order valence-corrected chi connectivity index (χ0v) is 14.8. The quantitative estimate of drug-likeness (QED) is 0.641. The van der Waals surface area contributed by atoms with Gasteiger partial charge in [0.2, 0.25) is 0 Å². The van der Waals surface area contributed by atoms with Gasteiger partial charge in [0.15, 0.2) is 18.3 Å². The number of carbonyl (C=O) groups is 1. The van der Waals surface area contributed by atoms with Crippen LogP contribution in [0.15, 0.2) is 82.3 Å². The zero-order chi connectivity index (χ0) is 17.5. The minimum atomic E-state index is -0.0438. The molecule has 1 atom stereocenters. The van der Waals surface area contributed by atoms with Gasteiger partial charge in [0, 0.05) is 10.5 Å². The van der Waals surface area contributed by atoms with Crippen LogP contribution in [0.3, 0.4) is 0 Å². The van der Waals surface area contributed by atoms with Crippen LogP contribution in [0.2, 0.25) is 0 Å². The van der Waals surface area contributed by atoms with E-state index in [1.807, 2.05) is 78.3 Å². The predicted molar refractivity (Wildman–Crippen MR) is 101 cm³/mol. The Hall–Kier alpha value is -2.50. The number of nitrogens with one attached hydrogen (secondary N) is 1. The molecule has 0 unspecified atom stereocenters. The second-order valence-corrected chi connectivity index (χ2v) is 6.44. The molecule has 25 heavy (non-hydrogen) atoms. The Kier molecular flexibility index (Phi) is 5.93. The lowest BCUT2D eigenvalue weighted by Crippen LogP contribution is -2.87. The van der Waals surface area contributed by atoms with E-state index >= 15 is 0 Å². The fourth-order valence-electron chi connectivity index (χ4n) is 2.72. The van der Waals surface area contributed by atoms with Crippen molar-refractivity contribution in [3.8, 4) is 0 Å². The number of nitrogens with two attached hydrogens (primary N) is 1. The van der Waals surface area contributed by atoms with E-state index in [2.05, 4.69) is 5.32 Å². The molecule has 0 fully saturated rings. The summed E-state index contributed by atoms with van der Waals surface area (Å²) >= 11 is 1.62. The SMILES string of the molecule is CSc1ccccc1NC(=O)C[NH2+][C@H](c1ccccc1)c1ccco1. The number of furan rings is 1. The van der Waals surface area contributed by atoms with Gasteiger partial charge >= 0.3 is 0 Å². The smallest absolute Gasteiger partial charge is 0.279 e. The van der Waals surface area contributed by atoms with Crippen LogP contribution >= 0.6 is 11.8 Å². The Morgan fingerprint density at radius 3 is 2.56 bits per heavy atom. The van der Waals surface area contributed by atoms with Crippen molar-refractivity contribution >= 4 is 23.4 Å². The van der Waals surface area contributed by atoms with Crippen molar-refractivity contribution in [2.75, 3.05) is 18.1 Å². The van der Waals surface area contributed by atoms with Crippen molar-refractivity contribution in [3.63, 3.8) is 0 Å². The lowest BCUT2D eigenvalue weighted by molar-refractivity contribution is -0.678. The maximum Gasteiger partial charge on any atom is 0.279 e. The normalized spacial score (nSPS) is 11.9. The van der Waals surface area contributed by atoms with Gasteiger partial charge in [0.05, 0.1) is 12.0 Å². The predicted octanol–water partition coefficient (Wildman–Crippen LogP) is 3.29. The summed E-state index contributed by atoms with van der Waals surface area (Å²) < 4.78 is 5.57. The van der Waals surface area contributed by atoms with Crippen LogP contribution in [0.25, 0.3) is 0 Å². The van der Waals surface area contributed by atoms with Gasteiger partial charge in [0.1, 0.15) is 0 Å². The topological polar surface area (TPSA) is 58.9 Å². The molecule has 3 aromatic rings. The molecule has 3 N–H and O–H groups in total. The van der Waals surface area contributed by atoms with E-state index in [1.54, 1.807) is 18.0 Å². The molecule has 1 heterocycles. The molecule has 0 saturated carbocycles. The number of rotatable bonds is 7. The van der Waals surface area contributed by atoms with E-state index in [0.29, 0.717) is 6.54 Å². The summed E-state index contributed by atoms with van der Waals surface area (Å²) in [5.41, 5.74) is 1.96. The van der Waals surface area contributed by atoms with Gasteiger partial charge in [-0.05, 0) is 30.5 Å². The van der Waals surface area contributed by atoms with Crippen LogP contribution in [0.5, 0.6) is 0 Å². The molecule has 0 aliphatic rings. The molecule has 128 valence electrons. The molecule has 3 rings (SSSR count). The van der Waals surface area contributed by atoms with Gasteiger partial charge in [-0.25, -0.2) is 0 Å². The van der Waals surface area contributed by atoms with E-state index in [9.17, 15) is 4.79 Å². The molecule has 0 bridgehead atoms. The molecule has 1 amide bonds. The number of quaternary nitrogens is 1. The maximum absolute atomic E-state index is 12.4. The number of anilines is 1. The number of carbonyl (C=O) groups excluding carboxylic acids is 1. The van der Waals surface area contributed by atoms with Crippen LogP contribution < -0.4 is 10.6 Å². The molecular formula is C20H21N2O2S+. The van der Waals surface area contributed by atoms with Crippen molar-refractivity contribution in [2.45, 2.75) is 10.9 Å². The summed E-state index contributed by atoms with van der Waals surface area (Å²) in [5, 5.41) is 4.98. The first-order valence-corrected chi connectivity index (χ1v) is 9.35. The Morgan fingerprint density at radius 1 is 1.08 bits per heavy atom. The fraction of sp³-hybridized carbons (Fsp3) is 0.150. The second-order valence-electron chi connectivity index (χ2n) is 5.59. The van der Waals surface area contributed by atoms with E-state index in [1.165, 1.54) is 0 Å². The average Bonchev–Trinajstić information content (AvgIpc) is 3.18. The highest BCUT2D eigenvalue weighted by Crippen LogP contribution is 2.24. The molecule has 0 radical (unpaired) electrons. The van der Waals surface area contributed by atoms with Crippen molar-refractivity contribution in [1.82, 2.24) is 0 Å². The lowest BCUT2D eigenvalue weighted by atomic mass is 10.0. The van der Waals surface area contributed by atoms with E-state index in [4.69, 9.17) is 4.42 Å². The van der Waals surface area contributed by atoms with Crippen molar-refractivity contribution in [2.24, 2.45) is 0 Å². The van der Waals surface area contributed by atoms with Crippen LogP contribution in [-0.4, -0.2) is 18.7 Å². The van der Waals surface area contributed by atoms with Gasteiger partial charge in [-0.1, -0.05) is 42.5 Å². The molecular weight excluding hydrogens is 332 g/mol. The van der Waals surface area contributed by atoms with Crippen molar-refractivity contribution in [1.29, 1.82) is 0 Å². The van der Waals surface area contributed by atoms with Gasteiger partial charge in [0.25, 0.3) is 5.91 Å². The number of benzene rings is 2. The Bertz CT molecular complexity index is 804. The average molecular weight is 353 g/mol. The van der Waals surface area contributed by atoms with Crippen LogP contribution in [0.1, 0.15) is 17.4 Å². The molecule has 5 heteroatoms. The van der Waals surface area contributed by atoms with Crippen LogP contribution in [-0.2, 0) is 4.79 Å². The fourth-order valence-corrected chi connectivity index (χ4v) is 3.27. The standard InChI is InChI=1S/C20H20N2O2S/c1-25-18-12-6-5-10-16(18)22-19(23)14-21-20(17-11-7-13-24-17)15-8-3-2-4-9-15/h2-13,20-21H,14H2,1H3,(H,22,23)/p+1/t20-/m1/s1. The highest BCUT2D eigenvalue weighted by atomic mass is 32.2. The first kappa shape index (κ1) is 17.3. The first-order valence-electron chi connectivity index (χ1n) is 8.12. The molecule has 4 nitrogen and oxygen atoms in total. The molecule has 2 aromatic carbocycles. The number of hydrogen-bond acceptors (Lipinski definition) is 3. The summed E-state index contributed by atoms with van der Waals surface area (Å²) in [4.78, 5) is 13.5. The molecule has 0 aliphatic carbocycles. The van der Waals surface area contributed by atoms with Gasteiger partial charge in [-0.15, -0.1) is 11.8 Å². The summed E-state index contributed by atoms with van der Waals surface area (Å²) in [5.74, 6) is 0.803. The third kappa shape index (κ3) is 4.53. The molecule has 0 spiro atoms. The Labute approximate surface area is 151 Å². The zero-order valence-electron chi connectivity index (χ0n) is 14.0. The summed E-state index contributed by atoms with van der Waals surface area (Å²) in [6, 6.07) is 21.6. The summed E-state index contributed by atoms with van der Waals surface area (Å²) in [6.07, 6.45) is 3.66. The third-order valence-electron chi connectivity index (χ3n) is 3.93. The van der Waals surface area contributed by atoms with Gasteiger partial charge in [-0.3, -0.25) is 4.79 Å². The molecule has 0 aliphatic heterocycles. The largest absolute Gasteiger partial charge is 0.463 e. The van der Waals surface area contributed by atoms with Crippen LogP contribution in [0, 0.1) is 0 Å². The van der Waals surface area contributed by atoms with Gasteiger partial charge in [-0.2, -0.15) is 0 Å². The minimum absolute atomic E-state index is 0.0333. The minimum Gasteiger partial charge on any atom is -0.463 e. The third-order valence-corrected chi connectivity index (χ3v) is 4.72. The number of para-hydroxylation sites is 1. The van der Waals surface area contributed by atoms with Crippen molar-refractivity contribution in [3.05, 3.63) is 84.3 Å². The summed E-state index contributed by atoms with van der Waals surface area (Å²) in [6.45, 7) is 0.309. The monoisotopic (exact) mass is 353 g/mol. The number of amides is 1. The number of thioether (sulfide) groups is 1. The maximum atomic E-state index is 12.4. The first-order chi connectivity index (χ1) is 12.3. The Morgan fingerprint density at radius 2 is 1.84 bits per heavy atom. The van der Waals surface area contributed by atoms with Gasteiger partial charge < -0.3 is 15.1 Å². The Balaban J connectivity index is 1.68. The summed E-state index contributed by atoms with van der Waals surface area (Å²) in [7, 11) is 0. The lowest BCUT2D eigenvalue weighted by Gasteiger charge is -2.14. The molecule has 1 aromatic heterocycles. The molecule has 0 saturated heterocycles. The highest BCUT2D eigenvalue weighted by molar-refractivity contribution is 7.98. The highest BCUT2D eigenvalue weighted by Gasteiger charge is 2.21. The van der Waals surface area contributed by atoms with E-state index < -0.39 is 0 Å².